The normalized spacial score (nSPS) is 21.9. The maximum atomic E-state index is 13.3. The van der Waals surface area contributed by atoms with Crippen molar-refractivity contribution < 1.29 is 18.6 Å². The van der Waals surface area contributed by atoms with Crippen LogP contribution in [-0.4, -0.2) is 60.9 Å². The van der Waals surface area contributed by atoms with Gasteiger partial charge in [-0.15, -0.1) is 0 Å². The number of hydrogen-bond donors (Lipinski definition) is 1. The molecule has 0 amide bonds. The molecule has 4 rings (SSSR count). The highest BCUT2D eigenvalue weighted by atomic mass is 19.1. The van der Waals surface area contributed by atoms with E-state index in [4.69, 9.17) is 19.2 Å². The van der Waals surface area contributed by atoms with Crippen LogP contribution in [0.15, 0.2) is 47.6 Å². The van der Waals surface area contributed by atoms with E-state index in [0.29, 0.717) is 24.8 Å². The molecule has 1 N–H and O–H groups in total. The van der Waals surface area contributed by atoms with Crippen LogP contribution in [0.4, 0.5) is 4.39 Å². The molecular formula is C23H29FN4O3. The summed E-state index contributed by atoms with van der Waals surface area (Å²) in [5.74, 6) is 1.36. The Balaban J connectivity index is 1.37. The van der Waals surface area contributed by atoms with Crippen molar-refractivity contribution in [3.63, 3.8) is 0 Å². The Morgan fingerprint density at radius 3 is 2.90 bits per heavy atom. The lowest BCUT2D eigenvalue weighted by atomic mass is 10.1. The van der Waals surface area contributed by atoms with Gasteiger partial charge in [-0.1, -0.05) is 12.1 Å². The number of nitrogens with one attached hydrogen (secondary N) is 1. The highest BCUT2D eigenvalue weighted by Crippen LogP contribution is 2.22. The predicted molar refractivity (Wildman–Crippen MR) is 116 cm³/mol. The zero-order valence-electron chi connectivity index (χ0n) is 17.8. The molecule has 7 nitrogen and oxygen atoms in total. The fourth-order valence-electron chi connectivity index (χ4n) is 3.80. The van der Waals surface area contributed by atoms with Crippen LogP contribution in [-0.2, 0) is 16.0 Å². The Morgan fingerprint density at radius 1 is 1.26 bits per heavy atom. The first kappa shape index (κ1) is 21.5. The van der Waals surface area contributed by atoms with Crippen molar-refractivity contribution in [2.45, 2.75) is 38.5 Å². The third-order valence-electron chi connectivity index (χ3n) is 5.33. The highest BCUT2D eigenvalue weighted by molar-refractivity contribution is 5.80. The molecule has 31 heavy (non-hydrogen) atoms. The van der Waals surface area contributed by atoms with Gasteiger partial charge in [0.05, 0.1) is 19.3 Å². The average Bonchev–Trinajstić information content (AvgIpc) is 3.33. The maximum absolute atomic E-state index is 13.3. The first-order valence-electron chi connectivity index (χ1n) is 10.9. The molecule has 0 bridgehead atoms. The quantitative estimate of drug-likeness (QED) is 0.562. The maximum Gasteiger partial charge on any atom is 0.219 e. The molecule has 2 atom stereocenters. The van der Waals surface area contributed by atoms with Crippen LogP contribution in [0.3, 0.4) is 0 Å². The van der Waals surface area contributed by atoms with Gasteiger partial charge in [0, 0.05) is 44.6 Å². The number of hydrogen-bond acceptors (Lipinski definition) is 5. The van der Waals surface area contributed by atoms with E-state index in [0.717, 1.165) is 50.6 Å². The van der Waals surface area contributed by atoms with Crippen LogP contribution < -0.4 is 10.1 Å². The second-order valence-electron chi connectivity index (χ2n) is 7.64. The number of aromatic nitrogens is 1. The lowest BCUT2D eigenvalue weighted by molar-refractivity contribution is -0.0817. The first-order valence-corrected chi connectivity index (χ1v) is 10.9. The summed E-state index contributed by atoms with van der Waals surface area (Å²) in [6.07, 6.45) is 4.16. The first-order chi connectivity index (χ1) is 15.2. The molecular weight excluding hydrogens is 399 g/mol. The minimum atomic E-state index is -0.343. The molecule has 2 aromatic rings. The third kappa shape index (κ3) is 5.92. The standard InChI is InChI=1S/C23H29FN4O3/c1-2-25-23(28-10-12-30-21(16-28)20-7-4-11-29-20)27-15-17-8-9-22(26-14-17)31-19-6-3-5-18(24)13-19/h3,5-6,8-9,13-14,20-21H,2,4,7,10-12,15-16H2,1H3,(H,25,27). The lowest BCUT2D eigenvalue weighted by Gasteiger charge is -2.37. The van der Waals surface area contributed by atoms with Crippen LogP contribution in [0.2, 0.25) is 0 Å². The Hall–Kier alpha value is -2.71. The van der Waals surface area contributed by atoms with E-state index in [1.807, 2.05) is 6.07 Å². The number of rotatable bonds is 6. The molecule has 1 aromatic carbocycles. The van der Waals surface area contributed by atoms with E-state index in [9.17, 15) is 4.39 Å². The number of pyridine rings is 1. The minimum Gasteiger partial charge on any atom is -0.439 e. The summed E-state index contributed by atoms with van der Waals surface area (Å²) in [5, 5.41) is 3.38. The molecule has 2 aliphatic heterocycles. The molecule has 0 radical (unpaired) electrons. The third-order valence-corrected chi connectivity index (χ3v) is 5.33. The van der Waals surface area contributed by atoms with Gasteiger partial charge in [0.15, 0.2) is 5.96 Å². The van der Waals surface area contributed by atoms with Crippen molar-refractivity contribution in [2.24, 2.45) is 4.99 Å². The molecule has 8 heteroatoms. The van der Waals surface area contributed by atoms with Crippen molar-refractivity contribution in [1.29, 1.82) is 0 Å². The molecule has 2 unspecified atom stereocenters. The summed E-state index contributed by atoms with van der Waals surface area (Å²) in [5.41, 5.74) is 0.964. The highest BCUT2D eigenvalue weighted by Gasteiger charge is 2.32. The summed E-state index contributed by atoms with van der Waals surface area (Å²) < 4.78 is 30.7. The monoisotopic (exact) mass is 428 g/mol. The zero-order valence-corrected chi connectivity index (χ0v) is 17.8. The lowest BCUT2D eigenvalue weighted by Crippen LogP contribution is -2.53. The Bertz CT molecular complexity index is 871. The molecule has 0 saturated carbocycles. The van der Waals surface area contributed by atoms with Gasteiger partial charge in [-0.3, -0.25) is 0 Å². The number of halogens is 1. The fourth-order valence-corrected chi connectivity index (χ4v) is 3.80. The van der Waals surface area contributed by atoms with E-state index in [2.05, 4.69) is 22.1 Å². The van der Waals surface area contributed by atoms with Gasteiger partial charge >= 0.3 is 0 Å². The van der Waals surface area contributed by atoms with E-state index >= 15 is 0 Å². The van der Waals surface area contributed by atoms with Crippen LogP contribution in [0, 0.1) is 5.82 Å². The predicted octanol–water partition coefficient (Wildman–Crippen LogP) is 3.36. The Morgan fingerprint density at radius 2 is 2.16 bits per heavy atom. The van der Waals surface area contributed by atoms with Crippen molar-refractivity contribution >= 4 is 5.96 Å². The van der Waals surface area contributed by atoms with Crippen LogP contribution >= 0.6 is 0 Å². The van der Waals surface area contributed by atoms with Crippen molar-refractivity contribution in [2.75, 3.05) is 32.8 Å². The van der Waals surface area contributed by atoms with Crippen molar-refractivity contribution in [3.05, 3.63) is 54.0 Å². The van der Waals surface area contributed by atoms with Crippen molar-refractivity contribution in [3.8, 4) is 11.6 Å². The molecule has 2 saturated heterocycles. The second kappa shape index (κ2) is 10.5. The molecule has 3 heterocycles. The van der Waals surface area contributed by atoms with Crippen LogP contribution in [0.25, 0.3) is 0 Å². The molecule has 1 aromatic heterocycles. The second-order valence-corrected chi connectivity index (χ2v) is 7.64. The van der Waals surface area contributed by atoms with E-state index in [1.165, 1.54) is 12.1 Å². The van der Waals surface area contributed by atoms with Crippen LogP contribution in [0.5, 0.6) is 11.6 Å². The number of benzene rings is 1. The van der Waals surface area contributed by atoms with Gasteiger partial charge in [0.25, 0.3) is 0 Å². The summed E-state index contributed by atoms with van der Waals surface area (Å²) >= 11 is 0. The van der Waals surface area contributed by atoms with Gasteiger partial charge in [-0.2, -0.15) is 0 Å². The van der Waals surface area contributed by atoms with Gasteiger partial charge < -0.3 is 24.4 Å². The van der Waals surface area contributed by atoms with E-state index in [-0.39, 0.29) is 18.0 Å². The topological polar surface area (TPSA) is 68.2 Å². The summed E-state index contributed by atoms with van der Waals surface area (Å²) in [7, 11) is 0. The number of nitrogens with zero attached hydrogens (tertiary/aromatic N) is 3. The summed E-state index contributed by atoms with van der Waals surface area (Å²) in [6.45, 7) is 6.42. The molecule has 166 valence electrons. The molecule has 0 spiro atoms. The summed E-state index contributed by atoms with van der Waals surface area (Å²) in [6, 6.07) is 9.69. The Kier molecular flexibility index (Phi) is 7.32. The van der Waals surface area contributed by atoms with Gasteiger partial charge in [0.1, 0.15) is 17.7 Å². The number of morpholine rings is 1. The number of ether oxygens (including phenoxy) is 3. The number of guanidine groups is 1. The number of aliphatic imine (C=N–C) groups is 1. The Labute approximate surface area is 182 Å². The van der Waals surface area contributed by atoms with Crippen molar-refractivity contribution in [1.82, 2.24) is 15.2 Å². The molecule has 2 fully saturated rings. The van der Waals surface area contributed by atoms with Gasteiger partial charge in [-0.05, 0) is 37.5 Å². The zero-order chi connectivity index (χ0) is 21.5. The fraction of sp³-hybridized carbons (Fsp3) is 0.478. The largest absolute Gasteiger partial charge is 0.439 e. The summed E-state index contributed by atoms with van der Waals surface area (Å²) in [4.78, 5) is 11.4. The molecule has 0 aliphatic carbocycles. The van der Waals surface area contributed by atoms with Gasteiger partial charge in [-0.25, -0.2) is 14.4 Å². The van der Waals surface area contributed by atoms with E-state index in [1.54, 1.807) is 24.4 Å². The minimum absolute atomic E-state index is 0.0843. The average molecular weight is 429 g/mol. The van der Waals surface area contributed by atoms with Crippen LogP contribution in [0.1, 0.15) is 25.3 Å². The van der Waals surface area contributed by atoms with Gasteiger partial charge in [0.2, 0.25) is 5.88 Å². The SMILES string of the molecule is CCNC(=NCc1ccc(Oc2cccc(F)c2)nc1)N1CCOC(C2CCCO2)C1. The molecule has 2 aliphatic rings. The van der Waals surface area contributed by atoms with E-state index < -0.39 is 0 Å². The smallest absolute Gasteiger partial charge is 0.219 e.